The van der Waals surface area contributed by atoms with Gasteiger partial charge in [0.25, 0.3) is 5.91 Å². The van der Waals surface area contributed by atoms with Crippen molar-refractivity contribution < 1.29 is 4.79 Å². The van der Waals surface area contributed by atoms with E-state index >= 15 is 0 Å². The lowest BCUT2D eigenvalue weighted by atomic mass is 10.2. The van der Waals surface area contributed by atoms with Crippen LogP contribution in [0.4, 0.5) is 5.69 Å². The number of aromatic nitrogens is 4. The van der Waals surface area contributed by atoms with Crippen molar-refractivity contribution in [1.82, 2.24) is 25.3 Å². The first-order chi connectivity index (χ1) is 8.61. The maximum Gasteiger partial charge on any atom is 0.274 e. The van der Waals surface area contributed by atoms with E-state index in [1.165, 1.54) is 0 Å². The van der Waals surface area contributed by atoms with E-state index in [-0.39, 0.29) is 17.6 Å². The van der Waals surface area contributed by atoms with E-state index in [0.29, 0.717) is 12.2 Å². The third-order valence-electron chi connectivity index (χ3n) is 2.70. The van der Waals surface area contributed by atoms with E-state index in [0.717, 1.165) is 5.56 Å². The second-order valence-corrected chi connectivity index (χ2v) is 4.02. The molecule has 18 heavy (non-hydrogen) atoms. The van der Waals surface area contributed by atoms with Gasteiger partial charge < -0.3 is 11.1 Å². The summed E-state index contributed by atoms with van der Waals surface area (Å²) in [6.07, 6.45) is 5.05. The van der Waals surface area contributed by atoms with Gasteiger partial charge in [-0.2, -0.15) is 10.2 Å². The Morgan fingerprint density at radius 3 is 3.00 bits per heavy atom. The number of rotatable bonds is 4. The van der Waals surface area contributed by atoms with E-state index in [1.54, 1.807) is 23.3 Å². The molecule has 4 N–H and O–H groups in total. The molecule has 1 atom stereocenters. The minimum absolute atomic E-state index is 0.151. The largest absolute Gasteiger partial charge is 0.396 e. The number of amides is 1. The number of nitrogens with two attached hydrogens (primary N) is 1. The van der Waals surface area contributed by atoms with Crippen LogP contribution in [0.25, 0.3) is 0 Å². The monoisotopic (exact) mass is 248 g/mol. The van der Waals surface area contributed by atoms with Crippen molar-refractivity contribution in [3.8, 4) is 0 Å². The van der Waals surface area contributed by atoms with E-state index < -0.39 is 0 Å². The van der Waals surface area contributed by atoms with Crippen LogP contribution in [0.5, 0.6) is 0 Å². The maximum absolute atomic E-state index is 12.0. The number of aromatic amines is 1. The summed E-state index contributed by atoms with van der Waals surface area (Å²) in [4.78, 5) is 12.0. The van der Waals surface area contributed by atoms with Gasteiger partial charge in [-0.1, -0.05) is 0 Å². The van der Waals surface area contributed by atoms with Crippen LogP contribution < -0.4 is 11.1 Å². The SMILES string of the molecule is CCn1cc(N)c(C(=O)NC(C)c2cn[nH]c2)n1. The highest BCUT2D eigenvalue weighted by Crippen LogP contribution is 2.13. The number of hydrogen-bond acceptors (Lipinski definition) is 4. The Bertz CT molecular complexity index is 530. The Balaban J connectivity index is 2.09. The summed E-state index contributed by atoms with van der Waals surface area (Å²) in [5.41, 5.74) is 7.29. The van der Waals surface area contributed by atoms with Crippen molar-refractivity contribution in [2.45, 2.75) is 26.4 Å². The average Bonchev–Trinajstić information content (AvgIpc) is 2.97. The molecule has 0 aliphatic heterocycles. The number of nitrogen functional groups attached to an aromatic ring is 1. The number of carbonyl (C=O) groups excluding carboxylic acids is 1. The molecule has 0 aliphatic carbocycles. The first-order valence-corrected chi connectivity index (χ1v) is 5.74. The third-order valence-corrected chi connectivity index (χ3v) is 2.70. The molecule has 2 heterocycles. The molecule has 2 aromatic rings. The second kappa shape index (κ2) is 4.91. The normalized spacial score (nSPS) is 12.3. The van der Waals surface area contributed by atoms with Crippen LogP contribution in [-0.2, 0) is 6.54 Å². The fourth-order valence-electron chi connectivity index (χ4n) is 1.62. The van der Waals surface area contributed by atoms with Crippen LogP contribution >= 0.6 is 0 Å². The van der Waals surface area contributed by atoms with Crippen LogP contribution in [0.1, 0.15) is 35.9 Å². The molecule has 1 amide bonds. The third kappa shape index (κ3) is 2.34. The van der Waals surface area contributed by atoms with Crippen molar-refractivity contribution in [2.24, 2.45) is 0 Å². The van der Waals surface area contributed by atoms with E-state index in [2.05, 4.69) is 20.6 Å². The van der Waals surface area contributed by atoms with Crippen molar-refractivity contribution in [2.75, 3.05) is 5.73 Å². The minimum atomic E-state index is -0.284. The Kier molecular flexibility index (Phi) is 3.31. The van der Waals surface area contributed by atoms with E-state index in [9.17, 15) is 4.79 Å². The van der Waals surface area contributed by atoms with Crippen molar-refractivity contribution in [3.63, 3.8) is 0 Å². The van der Waals surface area contributed by atoms with Crippen molar-refractivity contribution in [3.05, 3.63) is 29.8 Å². The molecule has 0 radical (unpaired) electrons. The van der Waals surface area contributed by atoms with Crippen molar-refractivity contribution >= 4 is 11.6 Å². The molecule has 2 aromatic heterocycles. The summed E-state index contributed by atoms with van der Waals surface area (Å²) in [7, 11) is 0. The number of anilines is 1. The first-order valence-electron chi connectivity index (χ1n) is 5.74. The van der Waals surface area contributed by atoms with Gasteiger partial charge >= 0.3 is 0 Å². The molecular weight excluding hydrogens is 232 g/mol. The molecule has 7 heteroatoms. The molecule has 0 fully saturated rings. The minimum Gasteiger partial charge on any atom is -0.396 e. The van der Waals surface area contributed by atoms with Crippen LogP contribution in [0, 0.1) is 0 Å². The Hall–Kier alpha value is -2.31. The lowest BCUT2D eigenvalue weighted by Crippen LogP contribution is -2.27. The van der Waals surface area contributed by atoms with Crippen molar-refractivity contribution in [1.29, 1.82) is 0 Å². The predicted molar refractivity (Wildman–Crippen MR) is 66.8 cm³/mol. The summed E-state index contributed by atoms with van der Waals surface area (Å²) >= 11 is 0. The zero-order chi connectivity index (χ0) is 13.1. The first kappa shape index (κ1) is 12.2. The van der Waals surface area contributed by atoms with Gasteiger partial charge in [0.15, 0.2) is 5.69 Å². The van der Waals surface area contributed by atoms with Gasteiger partial charge in [-0.25, -0.2) is 0 Å². The molecule has 0 spiro atoms. The fourth-order valence-corrected chi connectivity index (χ4v) is 1.62. The van der Waals surface area contributed by atoms with Gasteiger partial charge in [0.1, 0.15) is 0 Å². The van der Waals surface area contributed by atoms with Gasteiger partial charge in [0.05, 0.1) is 17.9 Å². The highest BCUT2D eigenvalue weighted by molar-refractivity contribution is 5.97. The number of aryl methyl sites for hydroxylation is 1. The van der Waals surface area contributed by atoms with Gasteiger partial charge in [-0.15, -0.1) is 0 Å². The lowest BCUT2D eigenvalue weighted by Gasteiger charge is -2.10. The average molecular weight is 248 g/mol. The summed E-state index contributed by atoms with van der Waals surface area (Å²) in [6, 6.07) is -0.151. The Morgan fingerprint density at radius 1 is 1.67 bits per heavy atom. The predicted octanol–water partition coefficient (Wildman–Crippen LogP) is 0.699. The number of hydrogen-bond donors (Lipinski definition) is 3. The number of nitrogens with zero attached hydrogens (tertiary/aromatic N) is 3. The summed E-state index contributed by atoms with van der Waals surface area (Å²) in [5, 5.41) is 13.5. The topological polar surface area (TPSA) is 102 Å². The van der Waals surface area contributed by atoms with Crippen LogP contribution in [0.3, 0.4) is 0 Å². The molecule has 1 unspecified atom stereocenters. The number of carbonyl (C=O) groups is 1. The molecule has 96 valence electrons. The van der Waals surface area contributed by atoms with Crippen LogP contribution in [0.2, 0.25) is 0 Å². The molecule has 0 saturated carbocycles. The second-order valence-electron chi connectivity index (χ2n) is 4.02. The summed E-state index contributed by atoms with van der Waals surface area (Å²) < 4.78 is 1.63. The van der Waals surface area contributed by atoms with E-state index in [1.807, 2.05) is 13.8 Å². The maximum atomic E-state index is 12.0. The van der Waals surface area contributed by atoms with Gasteiger partial charge in [-0.05, 0) is 13.8 Å². The number of nitrogens with one attached hydrogen (secondary N) is 2. The summed E-state index contributed by atoms with van der Waals surface area (Å²) in [6.45, 7) is 4.48. The van der Waals surface area contributed by atoms with Crippen LogP contribution in [0.15, 0.2) is 18.6 Å². The van der Waals surface area contributed by atoms with Crippen LogP contribution in [-0.4, -0.2) is 25.9 Å². The summed E-state index contributed by atoms with van der Waals surface area (Å²) in [5.74, 6) is -0.284. The van der Waals surface area contributed by atoms with E-state index in [4.69, 9.17) is 5.73 Å². The highest BCUT2D eigenvalue weighted by Gasteiger charge is 2.17. The molecular formula is C11H16N6O. The lowest BCUT2D eigenvalue weighted by molar-refractivity contribution is 0.0935. The van der Waals surface area contributed by atoms with Gasteiger partial charge in [0.2, 0.25) is 0 Å². The molecule has 7 nitrogen and oxygen atoms in total. The molecule has 0 aromatic carbocycles. The fraction of sp³-hybridized carbons (Fsp3) is 0.364. The molecule has 2 rings (SSSR count). The number of H-pyrrole nitrogens is 1. The zero-order valence-corrected chi connectivity index (χ0v) is 10.3. The molecule has 0 bridgehead atoms. The Labute approximate surface area is 104 Å². The highest BCUT2D eigenvalue weighted by atomic mass is 16.2. The standard InChI is InChI=1S/C11H16N6O/c1-3-17-6-9(12)10(16-17)11(18)15-7(2)8-4-13-14-5-8/h4-7H,3,12H2,1-2H3,(H,13,14)(H,15,18). The van der Waals surface area contributed by atoms with Gasteiger partial charge in [-0.3, -0.25) is 14.6 Å². The zero-order valence-electron chi connectivity index (χ0n) is 10.3. The molecule has 0 saturated heterocycles. The quantitative estimate of drug-likeness (QED) is 0.741. The smallest absolute Gasteiger partial charge is 0.274 e. The Morgan fingerprint density at radius 2 is 2.44 bits per heavy atom. The molecule has 0 aliphatic rings. The van der Waals surface area contributed by atoms with Gasteiger partial charge in [0, 0.05) is 24.5 Å².